The van der Waals surface area contributed by atoms with Crippen molar-refractivity contribution in [2.24, 2.45) is 0 Å². The second kappa shape index (κ2) is 26.7. The molecule has 0 aromatic heterocycles. The Morgan fingerprint density at radius 3 is 1.79 bits per heavy atom. The van der Waals surface area contributed by atoms with Crippen LogP contribution in [0.5, 0.6) is 0 Å². The van der Waals surface area contributed by atoms with E-state index in [9.17, 15) is 19.5 Å². The highest BCUT2D eigenvalue weighted by molar-refractivity contribution is 5.72. The molecule has 0 bridgehead atoms. The van der Waals surface area contributed by atoms with E-state index in [2.05, 4.69) is 26.0 Å². The first-order valence-electron chi connectivity index (χ1n) is 16.7. The zero-order chi connectivity index (χ0) is 31.5. The number of esters is 2. The summed E-state index contributed by atoms with van der Waals surface area (Å²) in [4.78, 5) is 36.4. The molecule has 1 N–H and O–H groups in total. The van der Waals surface area contributed by atoms with Crippen LogP contribution in [0.4, 0.5) is 0 Å². The van der Waals surface area contributed by atoms with Crippen LogP contribution < -0.4 is 0 Å². The molecule has 0 heterocycles. The van der Waals surface area contributed by atoms with Crippen molar-refractivity contribution in [1.29, 1.82) is 0 Å². The predicted molar refractivity (Wildman–Crippen MR) is 169 cm³/mol. The van der Waals surface area contributed by atoms with Crippen LogP contribution in [0.3, 0.4) is 0 Å². The van der Waals surface area contributed by atoms with E-state index in [1.807, 2.05) is 21.1 Å². The van der Waals surface area contributed by atoms with E-state index < -0.39 is 18.1 Å². The second-order valence-electron chi connectivity index (χ2n) is 12.4. The van der Waals surface area contributed by atoms with Gasteiger partial charge in [-0.3, -0.25) is 9.59 Å². The van der Waals surface area contributed by atoms with Gasteiger partial charge in [0.25, 0.3) is 0 Å². The van der Waals surface area contributed by atoms with E-state index in [0.717, 1.165) is 51.4 Å². The van der Waals surface area contributed by atoms with Crippen molar-refractivity contribution in [1.82, 2.24) is 0 Å². The van der Waals surface area contributed by atoms with Gasteiger partial charge in [-0.1, -0.05) is 96.6 Å². The molecular weight excluding hydrogens is 534 g/mol. The Hall–Kier alpha value is -1.93. The van der Waals surface area contributed by atoms with Crippen LogP contribution in [0.1, 0.15) is 136 Å². The Morgan fingerprint density at radius 2 is 1.21 bits per heavy atom. The van der Waals surface area contributed by atoms with Crippen LogP contribution in [0.2, 0.25) is 0 Å². The summed E-state index contributed by atoms with van der Waals surface area (Å²) in [5.74, 6) is -1.49. The summed E-state index contributed by atoms with van der Waals surface area (Å²) in [5, 5.41) is 9.53. The van der Waals surface area contributed by atoms with Crippen LogP contribution in [-0.2, 0) is 28.6 Å². The van der Waals surface area contributed by atoms with Crippen LogP contribution in [0.15, 0.2) is 12.2 Å². The summed E-state index contributed by atoms with van der Waals surface area (Å²) < 4.78 is 17.1. The number of likely N-dealkylation sites (N-methyl/N-ethyl adjacent to an activating group) is 1. The lowest BCUT2D eigenvalue weighted by atomic mass is 10.1. The van der Waals surface area contributed by atoms with Crippen LogP contribution in [0, 0.1) is 0 Å². The number of unbranched alkanes of at least 4 members (excludes halogenated alkanes) is 13. The first-order chi connectivity index (χ1) is 20.1. The summed E-state index contributed by atoms with van der Waals surface area (Å²) in [7, 11) is 5.50. The van der Waals surface area contributed by atoms with E-state index in [4.69, 9.17) is 14.2 Å². The van der Waals surface area contributed by atoms with Gasteiger partial charge in [-0.05, 0) is 32.1 Å². The van der Waals surface area contributed by atoms with Crippen molar-refractivity contribution in [2.45, 2.75) is 148 Å². The Balaban J connectivity index is 4.49. The third-order valence-corrected chi connectivity index (χ3v) is 7.41. The summed E-state index contributed by atoms with van der Waals surface area (Å²) >= 11 is 0. The number of hydrogen-bond donors (Lipinski definition) is 1. The quantitative estimate of drug-likeness (QED) is 0.0409. The summed E-state index contributed by atoms with van der Waals surface area (Å²) in [6.07, 6.45) is 22.6. The lowest BCUT2D eigenvalue weighted by molar-refractivity contribution is -0.887. The molecule has 0 saturated heterocycles. The van der Waals surface area contributed by atoms with E-state index in [1.165, 1.54) is 51.4 Å². The number of aliphatic carboxylic acids is 1. The fourth-order valence-corrected chi connectivity index (χ4v) is 4.72. The molecule has 0 saturated carbocycles. The van der Waals surface area contributed by atoms with Crippen LogP contribution in [0.25, 0.3) is 0 Å². The van der Waals surface area contributed by atoms with Crippen molar-refractivity contribution in [3.05, 3.63) is 12.2 Å². The fourth-order valence-electron chi connectivity index (χ4n) is 4.72. The van der Waals surface area contributed by atoms with Crippen molar-refractivity contribution in [3.8, 4) is 0 Å². The third-order valence-electron chi connectivity index (χ3n) is 7.41. The standard InChI is InChI=1S/C34H63NO7/c1-6-8-10-12-14-15-16-17-19-21-23-25-33(37)42-30(28-40-27-26-31(34(38)39)35(3,4)5)29-41-32(36)24-22-20-18-13-11-9-7-2/h12,14,30-31H,6-11,13,15-29H2,1-5H3/p+1/b14-12+. The predicted octanol–water partition coefficient (Wildman–Crippen LogP) is 7.63. The lowest BCUT2D eigenvalue weighted by Crippen LogP contribution is -2.50. The molecule has 0 fully saturated rings. The van der Waals surface area contributed by atoms with Crippen molar-refractivity contribution in [3.63, 3.8) is 0 Å². The maximum Gasteiger partial charge on any atom is 0.362 e. The van der Waals surface area contributed by atoms with Gasteiger partial charge in [-0.2, -0.15) is 0 Å². The molecule has 0 radical (unpaired) electrons. The topological polar surface area (TPSA) is 99.1 Å². The molecule has 0 amide bonds. The van der Waals surface area contributed by atoms with Gasteiger partial charge in [0.15, 0.2) is 12.1 Å². The number of carboxylic acid groups (broad SMARTS) is 1. The van der Waals surface area contributed by atoms with Crippen molar-refractivity contribution >= 4 is 17.9 Å². The molecular formula is C34H64NO7+. The van der Waals surface area contributed by atoms with Gasteiger partial charge in [0.2, 0.25) is 0 Å². The number of hydrogen-bond acceptors (Lipinski definition) is 6. The Labute approximate surface area is 257 Å². The smallest absolute Gasteiger partial charge is 0.362 e. The van der Waals surface area contributed by atoms with Gasteiger partial charge in [-0.25, -0.2) is 4.79 Å². The number of quaternary nitrogens is 1. The highest BCUT2D eigenvalue weighted by Crippen LogP contribution is 2.12. The van der Waals surface area contributed by atoms with Gasteiger partial charge in [-0.15, -0.1) is 0 Å². The molecule has 2 unspecified atom stereocenters. The van der Waals surface area contributed by atoms with E-state index in [-0.39, 0.29) is 36.2 Å². The Bertz CT molecular complexity index is 717. The number of carbonyl (C=O) groups excluding carboxylic acids is 2. The monoisotopic (exact) mass is 598 g/mol. The molecule has 0 aliphatic heterocycles. The molecule has 0 aromatic rings. The van der Waals surface area contributed by atoms with E-state index in [0.29, 0.717) is 19.3 Å². The van der Waals surface area contributed by atoms with Gasteiger partial charge in [0.05, 0.1) is 34.4 Å². The number of carbonyl (C=O) groups is 3. The number of ether oxygens (including phenoxy) is 3. The zero-order valence-corrected chi connectivity index (χ0v) is 27.7. The normalized spacial score (nSPS) is 13.3. The fraction of sp³-hybridized carbons (Fsp3) is 0.853. The molecule has 0 rings (SSSR count). The summed E-state index contributed by atoms with van der Waals surface area (Å²) in [6, 6.07) is -0.608. The average molecular weight is 599 g/mol. The lowest BCUT2D eigenvalue weighted by Gasteiger charge is -2.31. The largest absolute Gasteiger partial charge is 0.477 e. The maximum absolute atomic E-state index is 12.5. The summed E-state index contributed by atoms with van der Waals surface area (Å²) in [5.41, 5.74) is 0. The minimum atomic E-state index is -0.878. The summed E-state index contributed by atoms with van der Waals surface area (Å²) in [6.45, 7) is 4.62. The Morgan fingerprint density at radius 1 is 0.690 bits per heavy atom. The molecule has 246 valence electrons. The second-order valence-corrected chi connectivity index (χ2v) is 12.4. The Kier molecular flexibility index (Phi) is 25.5. The minimum Gasteiger partial charge on any atom is -0.477 e. The highest BCUT2D eigenvalue weighted by Gasteiger charge is 2.31. The van der Waals surface area contributed by atoms with Crippen molar-refractivity contribution < 1.29 is 38.2 Å². The SMILES string of the molecule is CCCC/C=C/CCCCCCCC(=O)OC(COCCC(C(=O)O)[N+](C)(C)C)COC(=O)CCCCCCCCC. The molecule has 8 heteroatoms. The molecule has 2 atom stereocenters. The average Bonchev–Trinajstić information content (AvgIpc) is 2.92. The minimum absolute atomic E-state index is 0.0511. The first-order valence-corrected chi connectivity index (χ1v) is 16.7. The molecule has 8 nitrogen and oxygen atoms in total. The van der Waals surface area contributed by atoms with Crippen LogP contribution >= 0.6 is 0 Å². The van der Waals surface area contributed by atoms with E-state index >= 15 is 0 Å². The molecule has 42 heavy (non-hydrogen) atoms. The molecule has 0 aliphatic carbocycles. The molecule has 0 aliphatic rings. The number of carboxylic acids is 1. The number of allylic oxidation sites excluding steroid dienone is 2. The van der Waals surface area contributed by atoms with Gasteiger partial charge in [0.1, 0.15) is 6.61 Å². The van der Waals surface area contributed by atoms with Gasteiger partial charge in [0, 0.05) is 19.3 Å². The number of rotatable bonds is 29. The zero-order valence-electron chi connectivity index (χ0n) is 27.7. The van der Waals surface area contributed by atoms with E-state index in [1.54, 1.807) is 0 Å². The molecule has 0 aromatic carbocycles. The third kappa shape index (κ3) is 24.6. The molecule has 0 spiro atoms. The number of nitrogens with zero attached hydrogens (tertiary/aromatic N) is 1. The van der Waals surface area contributed by atoms with Crippen LogP contribution in [-0.4, -0.2) is 80.6 Å². The first kappa shape index (κ1) is 40.1. The maximum atomic E-state index is 12.5. The van der Waals surface area contributed by atoms with Gasteiger partial charge >= 0.3 is 17.9 Å². The van der Waals surface area contributed by atoms with Crippen molar-refractivity contribution in [2.75, 3.05) is 41.0 Å². The van der Waals surface area contributed by atoms with Gasteiger partial charge < -0.3 is 23.8 Å². The highest BCUT2D eigenvalue weighted by atomic mass is 16.6.